The predicted octanol–water partition coefficient (Wildman–Crippen LogP) is 3.41. The van der Waals surface area contributed by atoms with Gasteiger partial charge >= 0.3 is 6.03 Å². The summed E-state index contributed by atoms with van der Waals surface area (Å²) in [7, 11) is 0. The van der Waals surface area contributed by atoms with Crippen LogP contribution in [0.15, 0.2) is 35.0 Å². The molecule has 5 heteroatoms. The lowest BCUT2D eigenvalue weighted by Gasteiger charge is -2.18. The third-order valence-corrected chi connectivity index (χ3v) is 3.45. The molecule has 112 valence electrons. The van der Waals surface area contributed by atoms with Crippen LogP contribution in [0.3, 0.4) is 0 Å². The molecule has 0 saturated carbocycles. The van der Waals surface area contributed by atoms with E-state index >= 15 is 0 Å². The maximum absolute atomic E-state index is 12.1. The fourth-order valence-electron chi connectivity index (χ4n) is 2.33. The van der Waals surface area contributed by atoms with Gasteiger partial charge in [0.25, 0.3) is 0 Å². The number of hydrogen-bond donors (Lipinski definition) is 2. The fourth-order valence-corrected chi connectivity index (χ4v) is 2.33. The van der Waals surface area contributed by atoms with E-state index in [9.17, 15) is 4.79 Å². The first kappa shape index (κ1) is 15.1. The van der Waals surface area contributed by atoms with Crippen LogP contribution in [-0.4, -0.2) is 11.0 Å². The van der Waals surface area contributed by atoms with E-state index in [1.165, 1.54) is 0 Å². The molecule has 2 atom stereocenters. The summed E-state index contributed by atoms with van der Waals surface area (Å²) >= 11 is 0. The van der Waals surface area contributed by atoms with Crippen molar-refractivity contribution in [2.75, 3.05) is 0 Å². The van der Waals surface area contributed by atoms with E-state index in [1.54, 1.807) is 12.4 Å². The van der Waals surface area contributed by atoms with Crippen LogP contribution in [0.4, 0.5) is 4.79 Å². The third-order valence-electron chi connectivity index (χ3n) is 3.45. The number of carbonyl (C=O) groups is 1. The van der Waals surface area contributed by atoms with E-state index in [-0.39, 0.29) is 18.1 Å². The summed E-state index contributed by atoms with van der Waals surface area (Å²) in [6.45, 7) is 7.67. The van der Waals surface area contributed by atoms with E-state index in [0.717, 1.165) is 22.6 Å². The highest BCUT2D eigenvalue weighted by molar-refractivity contribution is 5.75. The molecule has 2 amide bonds. The molecule has 2 heterocycles. The Morgan fingerprint density at radius 3 is 2.33 bits per heavy atom. The zero-order chi connectivity index (χ0) is 15.4. The lowest BCUT2D eigenvalue weighted by Crippen LogP contribution is -2.38. The van der Waals surface area contributed by atoms with Crippen molar-refractivity contribution in [1.29, 1.82) is 0 Å². The Morgan fingerprint density at radius 1 is 1.14 bits per heavy atom. The second-order valence-electron chi connectivity index (χ2n) is 5.21. The van der Waals surface area contributed by atoms with Gasteiger partial charge in [-0.1, -0.05) is 0 Å². The Hall–Kier alpha value is -2.30. The van der Waals surface area contributed by atoms with Gasteiger partial charge in [-0.3, -0.25) is 4.98 Å². The average Bonchev–Trinajstić information content (AvgIpc) is 2.78. The van der Waals surface area contributed by atoms with Crippen LogP contribution in [0, 0.1) is 13.8 Å². The van der Waals surface area contributed by atoms with Crippen molar-refractivity contribution >= 4 is 6.03 Å². The zero-order valence-electron chi connectivity index (χ0n) is 12.8. The highest BCUT2D eigenvalue weighted by Crippen LogP contribution is 2.21. The van der Waals surface area contributed by atoms with Crippen molar-refractivity contribution in [3.8, 4) is 0 Å². The number of amides is 2. The van der Waals surface area contributed by atoms with Gasteiger partial charge in [-0.05, 0) is 51.5 Å². The minimum atomic E-state index is -0.204. The number of rotatable bonds is 4. The molecule has 0 fully saturated rings. The van der Waals surface area contributed by atoms with Crippen molar-refractivity contribution in [1.82, 2.24) is 15.6 Å². The molecule has 2 rings (SSSR count). The first-order chi connectivity index (χ1) is 9.97. The number of nitrogens with zero attached hydrogens (tertiary/aromatic N) is 1. The monoisotopic (exact) mass is 287 g/mol. The maximum atomic E-state index is 12.1. The number of aryl methyl sites for hydroxylation is 2. The first-order valence-corrected chi connectivity index (χ1v) is 7.01. The van der Waals surface area contributed by atoms with Gasteiger partial charge in [0.05, 0.1) is 12.1 Å². The van der Waals surface area contributed by atoms with Gasteiger partial charge in [0.1, 0.15) is 11.5 Å². The first-order valence-electron chi connectivity index (χ1n) is 7.01. The van der Waals surface area contributed by atoms with Crippen LogP contribution in [0.1, 0.15) is 48.6 Å². The lowest BCUT2D eigenvalue weighted by molar-refractivity contribution is 0.235. The molecule has 0 saturated heterocycles. The summed E-state index contributed by atoms with van der Waals surface area (Å²) in [6.07, 6.45) is 3.43. The molecule has 2 N–H and O–H groups in total. The molecule has 0 aliphatic heterocycles. The standard InChI is InChI=1S/C16H21N3O2/c1-10-9-15(13(4)21-10)12(3)19-16(20)18-11(2)14-5-7-17-8-6-14/h5-9,11-12H,1-4H3,(H2,18,19,20). The Bertz CT molecular complexity index is 607. The molecule has 2 aromatic heterocycles. The van der Waals surface area contributed by atoms with Gasteiger partial charge in [0, 0.05) is 18.0 Å². The summed E-state index contributed by atoms with van der Waals surface area (Å²) < 4.78 is 5.49. The van der Waals surface area contributed by atoms with Gasteiger partial charge in [-0.15, -0.1) is 0 Å². The topological polar surface area (TPSA) is 67.2 Å². The quantitative estimate of drug-likeness (QED) is 0.905. The molecule has 0 radical (unpaired) electrons. The number of hydrogen-bond acceptors (Lipinski definition) is 3. The van der Waals surface area contributed by atoms with Crippen LogP contribution in [0.5, 0.6) is 0 Å². The van der Waals surface area contributed by atoms with Crippen molar-refractivity contribution in [2.24, 2.45) is 0 Å². The van der Waals surface area contributed by atoms with E-state index in [1.807, 2.05) is 45.9 Å². The van der Waals surface area contributed by atoms with Crippen LogP contribution >= 0.6 is 0 Å². The molecule has 0 aliphatic carbocycles. The molecule has 0 aliphatic rings. The molecular formula is C16H21N3O2. The molecule has 0 aromatic carbocycles. The largest absolute Gasteiger partial charge is 0.466 e. The predicted molar refractivity (Wildman–Crippen MR) is 80.9 cm³/mol. The number of aromatic nitrogens is 1. The number of nitrogens with one attached hydrogen (secondary N) is 2. The van der Waals surface area contributed by atoms with Crippen LogP contribution in [-0.2, 0) is 0 Å². The average molecular weight is 287 g/mol. The minimum absolute atomic E-state index is 0.0765. The van der Waals surface area contributed by atoms with Gasteiger partial charge in [0.2, 0.25) is 0 Å². The zero-order valence-corrected chi connectivity index (χ0v) is 12.8. The number of urea groups is 1. The molecule has 2 unspecified atom stereocenters. The number of carbonyl (C=O) groups excluding carboxylic acids is 1. The fraction of sp³-hybridized carbons (Fsp3) is 0.375. The highest BCUT2D eigenvalue weighted by Gasteiger charge is 2.16. The van der Waals surface area contributed by atoms with E-state index < -0.39 is 0 Å². The number of pyridine rings is 1. The lowest BCUT2D eigenvalue weighted by atomic mass is 10.1. The summed E-state index contributed by atoms with van der Waals surface area (Å²) in [5.41, 5.74) is 2.02. The van der Waals surface area contributed by atoms with Crippen LogP contribution in [0.25, 0.3) is 0 Å². The molecule has 0 bridgehead atoms. The van der Waals surface area contributed by atoms with Gasteiger partial charge in [-0.25, -0.2) is 4.79 Å². The van der Waals surface area contributed by atoms with Crippen LogP contribution in [0.2, 0.25) is 0 Å². The molecule has 0 spiro atoms. The smallest absolute Gasteiger partial charge is 0.315 e. The normalized spacial score (nSPS) is 13.5. The second kappa shape index (κ2) is 6.43. The molecule has 5 nitrogen and oxygen atoms in total. The second-order valence-corrected chi connectivity index (χ2v) is 5.21. The van der Waals surface area contributed by atoms with Gasteiger partial charge in [0.15, 0.2) is 0 Å². The SMILES string of the molecule is Cc1cc(C(C)NC(=O)NC(C)c2ccncc2)c(C)o1. The highest BCUT2D eigenvalue weighted by atomic mass is 16.3. The molecule has 21 heavy (non-hydrogen) atoms. The Morgan fingerprint density at radius 2 is 1.76 bits per heavy atom. The van der Waals surface area contributed by atoms with Gasteiger partial charge < -0.3 is 15.1 Å². The van der Waals surface area contributed by atoms with Crippen molar-refractivity contribution < 1.29 is 9.21 Å². The minimum Gasteiger partial charge on any atom is -0.466 e. The third kappa shape index (κ3) is 3.84. The summed E-state index contributed by atoms with van der Waals surface area (Å²) in [5, 5.41) is 5.84. The maximum Gasteiger partial charge on any atom is 0.315 e. The summed E-state index contributed by atoms with van der Waals surface area (Å²) in [6, 6.07) is 5.34. The Labute approximate surface area is 124 Å². The van der Waals surface area contributed by atoms with E-state index in [0.29, 0.717) is 0 Å². The van der Waals surface area contributed by atoms with E-state index in [2.05, 4.69) is 15.6 Å². The van der Waals surface area contributed by atoms with Crippen molar-refractivity contribution in [3.63, 3.8) is 0 Å². The molecular weight excluding hydrogens is 266 g/mol. The summed E-state index contributed by atoms with van der Waals surface area (Å²) in [5.74, 6) is 1.68. The number of furan rings is 1. The molecule has 2 aromatic rings. The van der Waals surface area contributed by atoms with Crippen molar-refractivity contribution in [3.05, 3.63) is 53.2 Å². The van der Waals surface area contributed by atoms with Crippen LogP contribution < -0.4 is 10.6 Å². The van der Waals surface area contributed by atoms with Crippen molar-refractivity contribution in [2.45, 2.75) is 39.8 Å². The summed E-state index contributed by atoms with van der Waals surface area (Å²) in [4.78, 5) is 16.0. The van der Waals surface area contributed by atoms with Gasteiger partial charge in [-0.2, -0.15) is 0 Å². The Balaban J connectivity index is 1.94. The Kier molecular flexibility index (Phi) is 4.62. The van der Waals surface area contributed by atoms with E-state index in [4.69, 9.17) is 4.42 Å².